The fraction of sp³-hybridized carbons (Fsp3) is 0.765. The van der Waals surface area contributed by atoms with Crippen LogP contribution in [0.3, 0.4) is 0 Å². The second kappa shape index (κ2) is 7.44. The van der Waals surface area contributed by atoms with Crippen molar-refractivity contribution in [1.29, 1.82) is 0 Å². The van der Waals surface area contributed by atoms with Gasteiger partial charge in [-0.2, -0.15) is 0 Å². The Bertz CT molecular complexity index is 359. The molecule has 0 aliphatic heterocycles. The van der Waals surface area contributed by atoms with Gasteiger partial charge in [-0.15, -0.1) is 11.3 Å². The highest BCUT2D eigenvalue weighted by molar-refractivity contribution is 7.12. The van der Waals surface area contributed by atoms with Crippen LogP contribution in [0.25, 0.3) is 0 Å². The van der Waals surface area contributed by atoms with Gasteiger partial charge in [-0.05, 0) is 56.2 Å². The lowest BCUT2D eigenvalue weighted by atomic mass is 9.95. The maximum absolute atomic E-state index is 3.71. The number of hydrogen-bond acceptors (Lipinski definition) is 2. The van der Waals surface area contributed by atoms with Gasteiger partial charge < -0.3 is 5.32 Å². The Morgan fingerprint density at radius 1 is 1.26 bits per heavy atom. The second-order valence-electron chi connectivity index (χ2n) is 6.04. The largest absolute Gasteiger partial charge is 0.310 e. The maximum atomic E-state index is 3.71. The fourth-order valence-corrected chi connectivity index (χ4v) is 4.59. The van der Waals surface area contributed by atoms with Crippen molar-refractivity contribution in [2.75, 3.05) is 6.54 Å². The third-order valence-electron chi connectivity index (χ3n) is 4.23. The molecule has 0 saturated heterocycles. The minimum Gasteiger partial charge on any atom is -0.310 e. The van der Waals surface area contributed by atoms with Gasteiger partial charge in [0.25, 0.3) is 0 Å². The standard InChI is InChI=1S/C17H29NS/c1-4-8-13(3)11-15(18-5-2)17-12-14-9-6-7-10-16(14)19-17/h12-13,15,18H,4-11H2,1-3H3. The van der Waals surface area contributed by atoms with Crippen molar-refractivity contribution >= 4 is 11.3 Å². The molecule has 1 aromatic rings. The molecule has 2 atom stereocenters. The first-order chi connectivity index (χ1) is 9.24. The van der Waals surface area contributed by atoms with E-state index in [1.54, 1.807) is 15.3 Å². The molecule has 0 radical (unpaired) electrons. The van der Waals surface area contributed by atoms with E-state index in [0.29, 0.717) is 6.04 Å². The smallest absolute Gasteiger partial charge is 0.0417 e. The van der Waals surface area contributed by atoms with Crippen LogP contribution in [-0.2, 0) is 12.8 Å². The molecule has 19 heavy (non-hydrogen) atoms. The lowest BCUT2D eigenvalue weighted by Gasteiger charge is -2.20. The Balaban J connectivity index is 2.07. The maximum Gasteiger partial charge on any atom is 0.0417 e. The topological polar surface area (TPSA) is 12.0 Å². The van der Waals surface area contributed by atoms with Crippen LogP contribution in [0, 0.1) is 5.92 Å². The van der Waals surface area contributed by atoms with E-state index in [9.17, 15) is 0 Å². The van der Waals surface area contributed by atoms with Gasteiger partial charge in [-0.25, -0.2) is 0 Å². The first kappa shape index (κ1) is 15.1. The predicted octanol–water partition coefficient (Wildman–Crippen LogP) is 5.10. The van der Waals surface area contributed by atoms with Gasteiger partial charge in [-0.3, -0.25) is 0 Å². The van der Waals surface area contributed by atoms with Gasteiger partial charge in [0.05, 0.1) is 0 Å². The monoisotopic (exact) mass is 279 g/mol. The molecule has 0 bridgehead atoms. The molecule has 1 N–H and O–H groups in total. The number of hydrogen-bond donors (Lipinski definition) is 1. The van der Waals surface area contributed by atoms with Crippen LogP contribution in [0.1, 0.15) is 74.2 Å². The van der Waals surface area contributed by atoms with E-state index < -0.39 is 0 Å². The van der Waals surface area contributed by atoms with Crippen molar-refractivity contribution in [3.05, 3.63) is 21.4 Å². The molecule has 0 aromatic carbocycles. The van der Waals surface area contributed by atoms with Crippen LogP contribution in [0.5, 0.6) is 0 Å². The Labute approximate surface area is 122 Å². The van der Waals surface area contributed by atoms with Crippen LogP contribution < -0.4 is 5.32 Å². The first-order valence-corrected chi connectivity index (χ1v) is 8.91. The molecule has 1 heterocycles. The van der Waals surface area contributed by atoms with Crippen molar-refractivity contribution in [3.63, 3.8) is 0 Å². The molecule has 1 nitrogen and oxygen atoms in total. The number of nitrogens with one attached hydrogen (secondary N) is 1. The van der Waals surface area contributed by atoms with Crippen molar-refractivity contribution in [3.8, 4) is 0 Å². The van der Waals surface area contributed by atoms with E-state index in [2.05, 4.69) is 43.5 Å². The average Bonchev–Trinajstić information content (AvgIpc) is 2.82. The summed E-state index contributed by atoms with van der Waals surface area (Å²) in [5, 5.41) is 3.71. The summed E-state index contributed by atoms with van der Waals surface area (Å²) in [6, 6.07) is 3.09. The van der Waals surface area contributed by atoms with E-state index in [-0.39, 0.29) is 0 Å². The molecule has 2 rings (SSSR count). The number of fused-ring (bicyclic) bond motifs is 1. The minimum atomic E-state index is 0.585. The molecule has 2 heteroatoms. The summed E-state index contributed by atoms with van der Waals surface area (Å²) in [5.74, 6) is 0.827. The summed E-state index contributed by atoms with van der Waals surface area (Å²) in [5.41, 5.74) is 1.65. The second-order valence-corrected chi connectivity index (χ2v) is 7.21. The molecule has 0 spiro atoms. The zero-order valence-corrected chi connectivity index (χ0v) is 13.6. The van der Waals surface area contributed by atoms with E-state index in [1.165, 1.54) is 44.9 Å². The van der Waals surface area contributed by atoms with Gasteiger partial charge in [0.2, 0.25) is 0 Å². The van der Waals surface area contributed by atoms with Crippen molar-refractivity contribution in [2.24, 2.45) is 5.92 Å². The molecule has 2 unspecified atom stereocenters. The van der Waals surface area contributed by atoms with Crippen LogP contribution in [0.2, 0.25) is 0 Å². The van der Waals surface area contributed by atoms with Crippen molar-refractivity contribution < 1.29 is 0 Å². The third kappa shape index (κ3) is 4.06. The minimum absolute atomic E-state index is 0.585. The summed E-state index contributed by atoms with van der Waals surface area (Å²) < 4.78 is 0. The summed E-state index contributed by atoms with van der Waals surface area (Å²) in [6.45, 7) is 8.00. The van der Waals surface area contributed by atoms with E-state index in [1.807, 2.05) is 0 Å². The highest BCUT2D eigenvalue weighted by Gasteiger charge is 2.20. The SMILES string of the molecule is CCCC(C)CC(NCC)c1cc2c(s1)CCCC2. The molecular weight excluding hydrogens is 250 g/mol. The normalized spacial score (nSPS) is 18.1. The number of rotatable bonds is 7. The fourth-order valence-electron chi connectivity index (χ4n) is 3.24. The summed E-state index contributed by atoms with van der Waals surface area (Å²) in [6.07, 6.45) is 9.37. The zero-order chi connectivity index (χ0) is 13.7. The molecule has 1 aromatic heterocycles. The molecular formula is C17H29NS. The Hall–Kier alpha value is -0.340. The highest BCUT2D eigenvalue weighted by Crippen LogP contribution is 2.35. The van der Waals surface area contributed by atoms with E-state index in [4.69, 9.17) is 0 Å². The summed E-state index contributed by atoms with van der Waals surface area (Å²) in [7, 11) is 0. The first-order valence-electron chi connectivity index (χ1n) is 8.09. The predicted molar refractivity (Wildman–Crippen MR) is 86.1 cm³/mol. The molecule has 1 aliphatic carbocycles. The Morgan fingerprint density at radius 3 is 2.74 bits per heavy atom. The van der Waals surface area contributed by atoms with Gasteiger partial charge in [0.1, 0.15) is 0 Å². The highest BCUT2D eigenvalue weighted by atomic mass is 32.1. The van der Waals surface area contributed by atoms with E-state index >= 15 is 0 Å². The molecule has 0 saturated carbocycles. The summed E-state index contributed by atoms with van der Waals surface area (Å²) in [4.78, 5) is 3.27. The van der Waals surface area contributed by atoms with Gasteiger partial charge in [-0.1, -0.05) is 33.6 Å². The Kier molecular flexibility index (Phi) is 5.90. The zero-order valence-electron chi connectivity index (χ0n) is 12.8. The molecule has 0 amide bonds. The number of aryl methyl sites for hydroxylation is 2. The van der Waals surface area contributed by atoms with Crippen molar-refractivity contribution in [1.82, 2.24) is 5.32 Å². The van der Waals surface area contributed by atoms with Crippen LogP contribution >= 0.6 is 11.3 Å². The van der Waals surface area contributed by atoms with E-state index in [0.717, 1.165) is 12.5 Å². The molecule has 108 valence electrons. The van der Waals surface area contributed by atoms with Crippen molar-refractivity contribution in [2.45, 2.75) is 71.8 Å². The molecule has 0 fully saturated rings. The van der Waals surface area contributed by atoms with Gasteiger partial charge in [0.15, 0.2) is 0 Å². The van der Waals surface area contributed by atoms with Gasteiger partial charge >= 0.3 is 0 Å². The number of thiophene rings is 1. The molecule has 1 aliphatic rings. The lowest BCUT2D eigenvalue weighted by molar-refractivity contribution is 0.399. The quantitative estimate of drug-likeness (QED) is 0.732. The van der Waals surface area contributed by atoms with Crippen LogP contribution in [0.4, 0.5) is 0 Å². The lowest BCUT2D eigenvalue weighted by Crippen LogP contribution is -2.22. The van der Waals surface area contributed by atoms with Crippen LogP contribution in [-0.4, -0.2) is 6.54 Å². The Morgan fingerprint density at radius 2 is 2.05 bits per heavy atom. The summed E-state index contributed by atoms with van der Waals surface area (Å²) >= 11 is 2.08. The van der Waals surface area contributed by atoms with Crippen LogP contribution in [0.15, 0.2) is 6.07 Å². The average molecular weight is 279 g/mol. The third-order valence-corrected chi connectivity index (χ3v) is 5.58. The van der Waals surface area contributed by atoms with Gasteiger partial charge in [0, 0.05) is 15.8 Å².